The molecule has 0 spiro atoms. The van der Waals surface area contributed by atoms with Gasteiger partial charge in [0.1, 0.15) is 5.75 Å². The Kier molecular flexibility index (Phi) is 7.73. The molecule has 2 aliphatic heterocycles. The SMILES string of the molecule is CCSC1(CNC(=NC)N2CCN(c3ccc(OC)cc3)CC2)CCOCC1. The van der Waals surface area contributed by atoms with Crippen molar-refractivity contribution in [1.82, 2.24) is 10.2 Å². The average Bonchev–Trinajstić information content (AvgIpc) is 2.76. The zero-order chi connectivity index (χ0) is 19.8. The Labute approximate surface area is 173 Å². The predicted molar refractivity (Wildman–Crippen MR) is 119 cm³/mol. The van der Waals surface area contributed by atoms with Crippen LogP contribution in [0.3, 0.4) is 0 Å². The van der Waals surface area contributed by atoms with Crippen LogP contribution in [0.15, 0.2) is 29.3 Å². The number of nitrogens with one attached hydrogen (secondary N) is 1. The molecule has 28 heavy (non-hydrogen) atoms. The highest BCUT2D eigenvalue weighted by atomic mass is 32.2. The maximum atomic E-state index is 5.59. The first-order valence-corrected chi connectivity index (χ1v) is 11.2. The summed E-state index contributed by atoms with van der Waals surface area (Å²) < 4.78 is 11.1. The van der Waals surface area contributed by atoms with Gasteiger partial charge < -0.3 is 24.6 Å². The van der Waals surface area contributed by atoms with Crippen molar-refractivity contribution in [3.8, 4) is 5.75 Å². The normalized spacial score (nSPS) is 20.2. The summed E-state index contributed by atoms with van der Waals surface area (Å²) in [7, 11) is 3.59. The van der Waals surface area contributed by atoms with Crippen LogP contribution < -0.4 is 15.0 Å². The lowest BCUT2D eigenvalue weighted by Crippen LogP contribution is -2.55. The summed E-state index contributed by atoms with van der Waals surface area (Å²) in [5.74, 6) is 3.07. The van der Waals surface area contributed by atoms with Crippen LogP contribution in [0.5, 0.6) is 5.75 Å². The third-order valence-electron chi connectivity index (χ3n) is 5.65. The van der Waals surface area contributed by atoms with Crippen LogP contribution in [-0.2, 0) is 4.74 Å². The summed E-state index contributed by atoms with van der Waals surface area (Å²) in [6, 6.07) is 8.33. The molecular weight excluding hydrogens is 372 g/mol. The first-order chi connectivity index (χ1) is 13.7. The molecule has 0 amide bonds. The highest BCUT2D eigenvalue weighted by Crippen LogP contribution is 2.34. The number of benzene rings is 1. The second kappa shape index (κ2) is 10.3. The maximum Gasteiger partial charge on any atom is 0.193 e. The average molecular weight is 407 g/mol. The summed E-state index contributed by atoms with van der Waals surface area (Å²) >= 11 is 2.06. The van der Waals surface area contributed by atoms with E-state index in [1.807, 2.05) is 19.2 Å². The van der Waals surface area contributed by atoms with E-state index in [4.69, 9.17) is 9.47 Å². The zero-order valence-corrected chi connectivity index (χ0v) is 18.3. The largest absolute Gasteiger partial charge is 0.497 e. The van der Waals surface area contributed by atoms with Gasteiger partial charge in [0.25, 0.3) is 0 Å². The number of nitrogens with zero attached hydrogens (tertiary/aromatic N) is 3. The molecule has 2 saturated heterocycles. The van der Waals surface area contributed by atoms with Gasteiger partial charge in [0.2, 0.25) is 0 Å². The number of thioether (sulfide) groups is 1. The van der Waals surface area contributed by atoms with E-state index in [0.29, 0.717) is 0 Å². The third-order valence-corrected chi connectivity index (χ3v) is 7.11. The van der Waals surface area contributed by atoms with Crippen molar-refractivity contribution < 1.29 is 9.47 Å². The molecule has 2 heterocycles. The molecule has 0 aliphatic carbocycles. The Morgan fingerprint density at radius 3 is 2.43 bits per heavy atom. The van der Waals surface area contributed by atoms with E-state index in [1.165, 1.54) is 5.69 Å². The van der Waals surface area contributed by atoms with Crippen molar-refractivity contribution in [2.45, 2.75) is 24.5 Å². The molecule has 0 saturated carbocycles. The predicted octanol–water partition coefficient (Wildman–Crippen LogP) is 2.69. The van der Waals surface area contributed by atoms with Gasteiger partial charge in [-0.15, -0.1) is 0 Å². The second-order valence-electron chi connectivity index (χ2n) is 7.30. The topological polar surface area (TPSA) is 49.3 Å². The van der Waals surface area contributed by atoms with Crippen molar-refractivity contribution in [1.29, 1.82) is 0 Å². The molecule has 1 aromatic carbocycles. The minimum Gasteiger partial charge on any atom is -0.497 e. The lowest BCUT2D eigenvalue weighted by molar-refractivity contribution is 0.0780. The summed E-state index contributed by atoms with van der Waals surface area (Å²) in [5.41, 5.74) is 1.25. The molecule has 1 N–H and O–H groups in total. The van der Waals surface area contributed by atoms with Crippen LogP contribution in [0.25, 0.3) is 0 Å². The number of rotatable bonds is 6. The van der Waals surface area contributed by atoms with Gasteiger partial charge in [0, 0.05) is 63.4 Å². The Morgan fingerprint density at radius 1 is 1.18 bits per heavy atom. The summed E-state index contributed by atoms with van der Waals surface area (Å²) in [6.07, 6.45) is 2.22. The lowest BCUT2D eigenvalue weighted by atomic mass is 9.99. The Hall–Kier alpha value is -1.60. The van der Waals surface area contributed by atoms with Crippen molar-refractivity contribution in [3.05, 3.63) is 24.3 Å². The number of hydrogen-bond donors (Lipinski definition) is 1. The highest BCUT2D eigenvalue weighted by Gasteiger charge is 2.33. The molecule has 2 aliphatic rings. The van der Waals surface area contributed by atoms with Crippen LogP contribution in [0.2, 0.25) is 0 Å². The molecule has 0 aromatic heterocycles. The van der Waals surface area contributed by atoms with Gasteiger partial charge >= 0.3 is 0 Å². The number of methoxy groups -OCH3 is 1. The quantitative estimate of drug-likeness (QED) is 0.579. The number of aliphatic imine (C=N–C) groups is 1. The molecular formula is C21H34N4O2S. The fourth-order valence-corrected chi connectivity index (χ4v) is 5.21. The molecule has 0 atom stereocenters. The Morgan fingerprint density at radius 2 is 1.86 bits per heavy atom. The van der Waals surface area contributed by atoms with E-state index < -0.39 is 0 Å². The van der Waals surface area contributed by atoms with Gasteiger partial charge in [0.05, 0.1) is 7.11 Å². The molecule has 2 fully saturated rings. The highest BCUT2D eigenvalue weighted by molar-refractivity contribution is 8.00. The molecule has 0 radical (unpaired) electrons. The van der Waals surface area contributed by atoms with E-state index >= 15 is 0 Å². The number of anilines is 1. The number of ether oxygens (including phenoxy) is 2. The van der Waals surface area contributed by atoms with Crippen LogP contribution in [-0.4, -0.2) is 81.5 Å². The fraction of sp³-hybridized carbons (Fsp3) is 0.667. The Balaban J connectivity index is 1.53. The first kappa shape index (κ1) is 21.1. The fourth-order valence-electron chi connectivity index (χ4n) is 3.96. The molecule has 0 unspecified atom stereocenters. The van der Waals surface area contributed by atoms with E-state index in [2.05, 4.69) is 50.9 Å². The lowest BCUT2D eigenvalue weighted by Gasteiger charge is -2.40. The molecule has 6 nitrogen and oxygen atoms in total. The monoisotopic (exact) mass is 406 g/mol. The summed E-state index contributed by atoms with van der Waals surface area (Å²) in [5, 5.41) is 3.67. The minimum absolute atomic E-state index is 0.272. The maximum absolute atomic E-state index is 5.59. The van der Waals surface area contributed by atoms with Crippen molar-refractivity contribution in [3.63, 3.8) is 0 Å². The molecule has 3 rings (SSSR count). The summed E-state index contributed by atoms with van der Waals surface area (Å²) in [6.45, 7) is 8.88. The smallest absolute Gasteiger partial charge is 0.193 e. The van der Waals surface area contributed by atoms with Crippen LogP contribution in [0, 0.1) is 0 Å². The van der Waals surface area contributed by atoms with E-state index in [9.17, 15) is 0 Å². The van der Waals surface area contributed by atoms with Crippen LogP contribution >= 0.6 is 11.8 Å². The van der Waals surface area contributed by atoms with Crippen molar-refractivity contribution in [2.24, 2.45) is 4.99 Å². The van der Waals surface area contributed by atoms with Gasteiger partial charge in [0.15, 0.2) is 5.96 Å². The van der Waals surface area contributed by atoms with Gasteiger partial charge in [-0.25, -0.2) is 0 Å². The standard InChI is InChI=1S/C21H34N4O2S/c1-4-28-21(9-15-27-16-10-21)17-23-20(22-2)25-13-11-24(12-14-25)18-5-7-19(26-3)8-6-18/h5-8H,4,9-17H2,1-3H3,(H,22,23). The number of piperazine rings is 1. The molecule has 7 heteroatoms. The minimum atomic E-state index is 0.272. The van der Waals surface area contributed by atoms with Crippen molar-refractivity contribution >= 4 is 23.4 Å². The third kappa shape index (κ3) is 5.26. The summed E-state index contributed by atoms with van der Waals surface area (Å²) in [4.78, 5) is 9.37. The number of guanidine groups is 1. The van der Waals surface area contributed by atoms with Crippen molar-refractivity contribution in [2.75, 3.05) is 70.7 Å². The van der Waals surface area contributed by atoms with Crippen LogP contribution in [0.4, 0.5) is 5.69 Å². The molecule has 156 valence electrons. The Bertz CT molecular complexity index is 618. The van der Waals surface area contributed by atoms with E-state index in [1.54, 1.807) is 7.11 Å². The number of hydrogen-bond acceptors (Lipinski definition) is 5. The van der Waals surface area contributed by atoms with Gasteiger partial charge in [-0.3, -0.25) is 4.99 Å². The van der Waals surface area contributed by atoms with Crippen LogP contribution in [0.1, 0.15) is 19.8 Å². The molecule has 0 bridgehead atoms. The van der Waals surface area contributed by atoms with Gasteiger partial charge in [-0.05, 0) is 42.9 Å². The van der Waals surface area contributed by atoms with E-state index in [0.717, 1.165) is 76.2 Å². The molecule has 1 aromatic rings. The van der Waals surface area contributed by atoms with Gasteiger partial charge in [-0.1, -0.05) is 6.92 Å². The van der Waals surface area contributed by atoms with Gasteiger partial charge in [-0.2, -0.15) is 11.8 Å². The zero-order valence-electron chi connectivity index (χ0n) is 17.4. The second-order valence-corrected chi connectivity index (χ2v) is 9.03. The van der Waals surface area contributed by atoms with E-state index in [-0.39, 0.29) is 4.75 Å². The first-order valence-electron chi connectivity index (χ1n) is 10.3.